The summed E-state index contributed by atoms with van der Waals surface area (Å²) < 4.78 is 1.10. The Morgan fingerprint density at radius 2 is 2.35 bits per heavy atom. The molecule has 2 rings (SSSR count). The Balaban J connectivity index is 2.09. The molecule has 1 heterocycles. The normalized spacial score (nSPS) is 20.4. The Kier molecular flexibility index (Phi) is 4.68. The number of carbonyl (C=O) groups is 1. The zero-order chi connectivity index (χ0) is 12.3. The number of carbonyl (C=O) groups excluding carboxylic acids is 1. The van der Waals surface area contributed by atoms with Gasteiger partial charge in [0.05, 0.1) is 0 Å². The lowest BCUT2D eigenvalue weighted by Gasteiger charge is -2.31. The first-order chi connectivity index (χ1) is 8.20. The second-order valence-electron chi connectivity index (χ2n) is 4.42. The van der Waals surface area contributed by atoms with E-state index in [-0.39, 0.29) is 5.91 Å². The van der Waals surface area contributed by atoms with Crippen LogP contribution in [0.25, 0.3) is 0 Å². The van der Waals surface area contributed by atoms with E-state index in [2.05, 4.69) is 22.6 Å². The number of benzene rings is 1. The van der Waals surface area contributed by atoms with Crippen LogP contribution in [0, 0.1) is 9.49 Å². The fourth-order valence-corrected chi connectivity index (χ4v) is 2.97. The molecule has 1 aromatic rings. The standard InChI is InChI=1S/C13H15ClINO/c14-8-10-3-2-6-16(9-10)13(17)11-4-1-5-12(15)7-11/h1,4-5,7,10H,2-3,6,8-9H2. The van der Waals surface area contributed by atoms with Gasteiger partial charge in [0.2, 0.25) is 0 Å². The maximum absolute atomic E-state index is 12.3. The van der Waals surface area contributed by atoms with E-state index in [4.69, 9.17) is 11.6 Å². The lowest BCUT2D eigenvalue weighted by Crippen LogP contribution is -2.40. The molecule has 1 aromatic carbocycles. The number of hydrogen-bond acceptors (Lipinski definition) is 1. The van der Waals surface area contributed by atoms with E-state index in [0.29, 0.717) is 11.8 Å². The third-order valence-corrected chi connectivity index (χ3v) is 4.20. The molecule has 0 aromatic heterocycles. The maximum Gasteiger partial charge on any atom is 0.253 e. The lowest BCUT2D eigenvalue weighted by molar-refractivity contribution is 0.0685. The predicted octanol–water partition coefficient (Wildman–Crippen LogP) is 3.38. The highest BCUT2D eigenvalue weighted by Gasteiger charge is 2.23. The first-order valence-corrected chi connectivity index (χ1v) is 7.43. The molecule has 1 fully saturated rings. The van der Waals surface area contributed by atoms with Gasteiger partial charge in [-0.25, -0.2) is 0 Å². The summed E-state index contributed by atoms with van der Waals surface area (Å²) in [6.07, 6.45) is 2.20. The number of amides is 1. The van der Waals surface area contributed by atoms with Gasteiger partial charge in [-0.2, -0.15) is 0 Å². The number of alkyl halides is 1. The van der Waals surface area contributed by atoms with Crippen molar-refractivity contribution in [3.63, 3.8) is 0 Å². The van der Waals surface area contributed by atoms with Gasteiger partial charge in [0.25, 0.3) is 5.91 Å². The second-order valence-corrected chi connectivity index (χ2v) is 5.98. The van der Waals surface area contributed by atoms with Crippen molar-refractivity contribution in [2.75, 3.05) is 19.0 Å². The molecule has 4 heteroatoms. The molecule has 0 bridgehead atoms. The average molecular weight is 364 g/mol. The van der Waals surface area contributed by atoms with Crippen molar-refractivity contribution in [2.24, 2.45) is 5.92 Å². The largest absolute Gasteiger partial charge is 0.338 e. The van der Waals surface area contributed by atoms with Gasteiger partial charge in [0.15, 0.2) is 0 Å². The molecule has 0 saturated carbocycles. The van der Waals surface area contributed by atoms with E-state index < -0.39 is 0 Å². The average Bonchev–Trinajstić information content (AvgIpc) is 2.38. The summed E-state index contributed by atoms with van der Waals surface area (Å²) in [6, 6.07) is 7.75. The van der Waals surface area contributed by atoms with Crippen LogP contribution in [0.1, 0.15) is 23.2 Å². The Bertz CT molecular complexity index is 410. The highest BCUT2D eigenvalue weighted by Crippen LogP contribution is 2.20. The third-order valence-electron chi connectivity index (χ3n) is 3.10. The van der Waals surface area contributed by atoms with Crippen LogP contribution in [0.5, 0.6) is 0 Å². The molecule has 0 N–H and O–H groups in total. The van der Waals surface area contributed by atoms with Crippen molar-refractivity contribution in [3.05, 3.63) is 33.4 Å². The number of piperidine rings is 1. The Morgan fingerprint density at radius 3 is 3.06 bits per heavy atom. The van der Waals surface area contributed by atoms with E-state index in [0.717, 1.165) is 35.1 Å². The highest BCUT2D eigenvalue weighted by atomic mass is 127. The van der Waals surface area contributed by atoms with E-state index in [1.165, 1.54) is 0 Å². The summed E-state index contributed by atoms with van der Waals surface area (Å²) in [5, 5.41) is 0. The fourth-order valence-electron chi connectivity index (χ4n) is 2.18. The van der Waals surface area contributed by atoms with Crippen molar-refractivity contribution < 1.29 is 4.79 Å². The van der Waals surface area contributed by atoms with Crippen LogP contribution in [0.15, 0.2) is 24.3 Å². The Morgan fingerprint density at radius 1 is 1.53 bits per heavy atom. The van der Waals surface area contributed by atoms with E-state index in [1.807, 2.05) is 29.2 Å². The number of hydrogen-bond donors (Lipinski definition) is 0. The topological polar surface area (TPSA) is 20.3 Å². The molecule has 0 aliphatic carbocycles. The van der Waals surface area contributed by atoms with Crippen molar-refractivity contribution in [1.29, 1.82) is 0 Å². The molecule has 1 unspecified atom stereocenters. The van der Waals surface area contributed by atoms with Crippen molar-refractivity contribution in [2.45, 2.75) is 12.8 Å². The monoisotopic (exact) mass is 363 g/mol. The van der Waals surface area contributed by atoms with Crippen LogP contribution in [0.4, 0.5) is 0 Å². The minimum Gasteiger partial charge on any atom is -0.338 e. The van der Waals surface area contributed by atoms with Crippen LogP contribution in [-0.4, -0.2) is 29.8 Å². The maximum atomic E-state index is 12.3. The van der Waals surface area contributed by atoms with E-state index >= 15 is 0 Å². The van der Waals surface area contributed by atoms with Crippen LogP contribution in [0.3, 0.4) is 0 Å². The molecule has 1 aliphatic rings. The quantitative estimate of drug-likeness (QED) is 0.583. The van der Waals surface area contributed by atoms with Crippen LogP contribution in [-0.2, 0) is 0 Å². The van der Waals surface area contributed by atoms with E-state index in [1.54, 1.807) is 0 Å². The minimum absolute atomic E-state index is 0.137. The molecule has 0 radical (unpaired) electrons. The molecular weight excluding hydrogens is 349 g/mol. The first-order valence-electron chi connectivity index (χ1n) is 5.81. The SMILES string of the molecule is O=C(c1cccc(I)c1)N1CCCC(CCl)C1. The van der Waals surface area contributed by atoms with Gasteiger partial charge in [-0.3, -0.25) is 4.79 Å². The van der Waals surface area contributed by atoms with Gasteiger partial charge < -0.3 is 4.90 Å². The molecule has 0 spiro atoms. The Labute approximate surface area is 120 Å². The summed E-state index contributed by atoms with van der Waals surface area (Å²) in [6.45, 7) is 1.66. The smallest absolute Gasteiger partial charge is 0.253 e. The molecule has 92 valence electrons. The summed E-state index contributed by atoms with van der Waals surface area (Å²) in [7, 11) is 0. The molecule has 1 saturated heterocycles. The summed E-state index contributed by atoms with van der Waals surface area (Å²) in [5.41, 5.74) is 0.784. The van der Waals surface area contributed by atoms with Crippen LogP contribution >= 0.6 is 34.2 Å². The van der Waals surface area contributed by atoms with Gasteiger partial charge in [-0.15, -0.1) is 11.6 Å². The molecular formula is C13H15ClINO. The number of rotatable bonds is 2. The number of halogens is 2. The molecule has 1 amide bonds. The van der Waals surface area contributed by atoms with Crippen molar-refractivity contribution in [3.8, 4) is 0 Å². The Hall–Kier alpha value is -0.290. The predicted molar refractivity (Wildman–Crippen MR) is 78.5 cm³/mol. The minimum atomic E-state index is 0.137. The van der Waals surface area contributed by atoms with Gasteiger partial charge >= 0.3 is 0 Å². The molecule has 2 nitrogen and oxygen atoms in total. The summed E-state index contributed by atoms with van der Waals surface area (Å²) in [5.74, 6) is 1.24. The highest BCUT2D eigenvalue weighted by molar-refractivity contribution is 14.1. The first kappa shape index (κ1) is 13.1. The number of nitrogens with zero attached hydrogens (tertiary/aromatic N) is 1. The lowest BCUT2D eigenvalue weighted by atomic mass is 9.99. The van der Waals surface area contributed by atoms with Gasteiger partial charge in [-0.05, 0) is 59.5 Å². The molecule has 1 atom stereocenters. The zero-order valence-electron chi connectivity index (χ0n) is 9.53. The third kappa shape index (κ3) is 3.35. The van der Waals surface area contributed by atoms with Gasteiger partial charge in [0.1, 0.15) is 0 Å². The molecule has 17 heavy (non-hydrogen) atoms. The summed E-state index contributed by atoms with van der Waals surface area (Å²) in [4.78, 5) is 14.2. The van der Waals surface area contributed by atoms with Gasteiger partial charge in [-0.1, -0.05) is 6.07 Å². The fraction of sp³-hybridized carbons (Fsp3) is 0.462. The van der Waals surface area contributed by atoms with E-state index in [9.17, 15) is 4.79 Å². The van der Waals surface area contributed by atoms with Crippen molar-refractivity contribution >= 4 is 40.1 Å². The second kappa shape index (κ2) is 6.05. The van der Waals surface area contributed by atoms with Crippen molar-refractivity contribution in [1.82, 2.24) is 4.90 Å². The van der Waals surface area contributed by atoms with Crippen LogP contribution < -0.4 is 0 Å². The zero-order valence-corrected chi connectivity index (χ0v) is 12.4. The van der Waals surface area contributed by atoms with Gasteiger partial charge in [0, 0.05) is 28.1 Å². The van der Waals surface area contributed by atoms with Crippen LogP contribution in [0.2, 0.25) is 0 Å². The summed E-state index contributed by atoms with van der Waals surface area (Å²) >= 11 is 8.11. The number of likely N-dealkylation sites (tertiary alicyclic amines) is 1. The molecule has 1 aliphatic heterocycles.